The maximum Gasteiger partial charge on any atom is 0.239 e. The van der Waals surface area contributed by atoms with Crippen molar-refractivity contribution in [3.05, 3.63) is 36.2 Å². The highest BCUT2D eigenvalue weighted by atomic mass is 16.7. The molecule has 0 spiro atoms. The summed E-state index contributed by atoms with van der Waals surface area (Å²) >= 11 is 0. The van der Waals surface area contributed by atoms with Crippen molar-refractivity contribution in [3.63, 3.8) is 0 Å². The summed E-state index contributed by atoms with van der Waals surface area (Å²) in [7, 11) is 0. The van der Waals surface area contributed by atoms with Crippen LogP contribution in [0.2, 0.25) is 0 Å². The molecule has 1 aliphatic rings. The Kier molecular flexibility index (Phi) is 3.39. The van der Waals surface area contributed by atoms with Crippen LogP contribution in [0.15, 0.2) is 30.6 Å². The number of anilines is 1. The van der Waals surface area contributed by atoms with E-state index in [1.807, 2.05) is 25.1 Å². The fourth-order valence-electron chi connectivity index (χ4n) is 2.20. The molecule has 1 aromatic heterocycles. The Bertz CT molecular complexity index is 668. The van der Waals surface area contributed by atoms with Crippen LogP contribution in [-0.2, 0) is 11.3 Å². The summed E-state index contributed by atoms with van der Waals surface area (Å²) in [6.07, 6.45) is 3.40. The molecule has 2 heterocycles. The maximum atomic E-state index is 10.8. The Hall–Kier alpha value is -2.70. The third-order valence-corrected chi connectivity index (χ3v) is 3.23. The van der Waals surface area contributed by atoms with Crippen molar-refractivity contribution in [1.82, 2.24) is 9.78 Å². The van der Waals surface area contributed by atoms with Crippen LogP contribution >= 0.6 is 0 Å². The Morgan fingerprint density at radius 2 is 2.29 bits per heavy atom. The zero-order valence-electron chi connectivity index (χ0n) is 11.6. The lowest BCUT2D eigenvalue weighted by Crippen LogP contribution is -2.18. The molecule has 21 heavy (non-hydrogen) atoms. The molecular weight excluding hydrogens is 272 g/mol. The van der Waals surface area contributed by atoms with Crippen LogP contribution < -0.4 is 20.5 Å². The molecule has 1 aliphatic heterocycles. The van der Waals surface area contributed by atoms with Crippen LogP contribution in [0.4, 0.5) is 5.69 Å². The van der Waals surface area contributed by atoms with Gasteiger partial charge in [-0.25, -0.2) is 0 Å². The fraction of sp³-hybridized carbons (Fsp3) is 0.286. The molecule has 3 rings (SSSR count). The van der Waals surface area contributed by atoms with Gasteiger partial charge in [-0.1, -0.05) is 6.07 Å². The second-order valence-electron chi connectivity index (χ2n) is 4.87. The Labute approximate surface area is 121 Å². The fourth-order valence-corrected chi connectivity index (χ4v) is 2.20. The summed E-state index contributed by atoms with van der Waals surface area (Å²) < 4.78 is 12.2. The summed E-state index contributed by atoms with van der Waals surface area (Å²) in [5.41, 5.74) is 7.02. The molecule has 0 saturated carbocycles. The molecule has 1 unspecified atom stereocenters. The van der Waals surface area contributed by atoms with Gasteiger partial charge in [0, 0.05) is 12.2 Å². The highest BCUT2D eigenvalue weighted by Crippen LogP contribution is 2.34. The molecule has 1 aromatic carbocycles. The molecule has 0 fully saturated rings. The normalized spacial score (nSPS) is 14.0. The van der Waals surface area contributed by atoms with Gasteiger partial charge in [-0.05, 0) is 24.6 Å². The third-order valence-electron chi connectivity index (χ3n) is 3.23. The molecule has 0 aliphatic carbocycles. The van der Waals surface area contributed by atoms with Crippen molar-refractivity contribution < 1.29 is 14.3 Å². The number of hydrogen-bond donors (Lipinski definition) is 2. The van der Waals surface area contributed by atoms with Gasteiger partial charge in [-0.3, -0.25) is 9.48 Å². The number of amides is 1. The van der Waals surface area contributed by atoms with Crippen LogP contribution in [0.25, 0.3) is 0 Å². The molecule has 7 nitrogen and oxygen atoms in total. The number of hydrogen-bond acceptors (Lipinski definition) is 5. The number of aromatic nitrogens is 2. The van der Waals surface area contributed by atoms with Gasteiger partial charge < -0.3 is 20.5 Å². The molecule has 0 bridgehead atoms. The van der Waals surface area contributed by atoms with E-state index in [9.17, 15) is 4.79 Å². The summed E-state index contributed by atoms with van der Waals surface area (Å²) in [6.45, 7) is 2.36. The lowest BCUT2D eigenvalue weighted by Gasteiger charge is -2.14. The number of nitrogens with zero attached hydrogens (tertiary/aromatic N) is 2. The van der Waals surface area contributed by atoms with E-state index in [2.05, 4.69) is 10.4 Å². The SMILES string of the molecule is CC(Nc1cnn(CC(N)=O)c1)c1ccc2c(c1)OCO2. The number of carbonyl (C=O) groups excluding carboxylic acids is 1. The maximum absolute atomic E-state index is 10.8. The number of carbonyl (C=O) groups is 1. The first-order chi connectivity index (χ1) is 10.1. The summed E-state index contributed by atoms with van der Waals surface area (Å²) in [5, 5.41) is 7.38. The van der Waals surface area contributed by atoms with Crippen LogP contribution in [0.5, 0.6) is 11.5 Å². The van der Waals surface area contributed by atoms with Gasteiger partial charge in [0.1, 0.15) is 6.54 Å². The van der Waals surface area contributed by atoms with Gasteiger partial charge in [-0.2, -0.15) is 5.10 Å². The van der Waals surface area contributed by atoms with Gasteiger partial charge in [-0.15, -0.1) is 0 Å². The third kappa shape index (κ3) is 2.91. The van der Waals surface area contributed by atoms with E-state index < -0.39 is 5.91 Å². The van der Waals surface area contributed by atoms with Crippen LogP contribution in [0.1, 0.15) is 18.5 Å². The van der Waals surface area contributed by atoms with E-state index in [0.29, 0.717) is 0 Å². The van der Waals surface area contributed by atoms with Gasteiger partial charge >= 0.3 is 0 Å². The van der Waals surface area contributed by atoms with Gasteiger partial charge in [0.2, 0.25) is 12.7 Å². The number of benzene rings is 1. The number of rotatable bonds is 5. The largest absolute Gasteiger partial charge is 0.454 e. The standard InChI is InChI=1S/C14H16N4O3/c1-9(10-2-3-12-13(4-10)21-8-20-12)17-11-5-16-18(6-11)7-14(15)19/h2-6,9,17H,7-8H2,1H3,(H2,15,19). The van der Waals surface area contributed by atoms with E-state index in [4.69, 9.17) is 15.2 Å². The molecule has 1 atom stereocenters. The zero-order chi connectivity index (χ0) is 14.8. The summed E-state index contributed by atoms with van der Waals surface area (Å²) in [5.74, 6) is 1.10. The Morgan fingerprint density at radius 3 is 3.10 bits per heavy atom. The highest BCUT2D eigenvalue weighted by molar-refractivity contribution is 5.73. The lowest BCUT2D eigenvalue weighted by molar-refractivity contribution is -0.118. The number of ether oxygens (including phenoxy) is 2. The summed E-state index contributed by atoms with van der Waals surface area (Å²) in [6, 6.07) is 5.89. The summed E-state index contributed by atoms with van der Waals surface area (Å²) in [4.78, 5) is 10.8. The van der Waals surface area contributed by atoms with Crippen molar-refractivity contribution in [2.75, 3.05) is 12.1 Å². The Morgan fingerprint density at radius 1 is 1.48 bits per heavy atom. The average Bonchev–Trinajstić information content (AvgIpc) is 3.06. The van der Waals surface area contributed by atoms with Crippen molar-refractivity contribution in [3.8, 4) is 11.5 Å². The predicted octanol–water partition coefficient (Wildman–Crippen LogP) is 1.27. The van der Waals surface area contributed by atoms with Crippen LogP contribution in [0.3, 0.4) is 0 Å². The lowest BCUT2D eigenvalue weighted by atomic mass is 10.1. The molecule has 1 amide bonds. The minimum Gasteiger partial charge on any atom is -0.454 e. The van der Waals surface area contributed by atoms with E-state index in [-0.39, 0.29) is 19.4 Å². The first-order valence-corrected chi connectivity index (χ1v) is 6.58. The van der Waals surface area contributed by atoms with Gasteiger partial charge in [0.05, 0.1) is 11.9 Å². The van der Waals surface area contributed by atoms with Crippen molar-refractivity contribution in [2.45, 2.75) is 19.5 Å². The second kappa shape index (κ2) is 5.35. The first-order valence-electron chi connectivity index (χ1n) is 6.58. The quantitative estimate of drug-likeness (QED) is 0.864. The average molecular weight is 288 g/mol. The van der Waals surface area contributed by atoms with Crippen LogP contribution in [0, 0.1) is 0 Å². The van der Waals surface area contributed by atoms with E-state index >= 15 is 0 Å². The van der Waals surface area contributed by atoms with E-state index in [0.717, 1.165) is 22.7 Å². The van der Waals surface area contributed by atoms with E-state index in [1.165, 1.54) is 4.68 Å². The van der Waals surface area contributed by atoms with Gasteiger partial charge in [0.15, 0.2) is 11.5 Å². The molecule has 110 valence electrons. The predicted molar refractivity (Wildman–Crippen MR) is 76.0 cm³/mol. The second-order valence-corrected chi connectivity index (χ2v) is 4.87. The molecule has 2 aromatic rings. The Balaban J connectivity index is 1.69. The van der Waals surface area contributed by atoms with E-state index in [1.54, 1.807) is 12.4 Å². The topological polar surface area (TPSA) is 91.4 Å². The van der Waals surface area contributed by atoms with Crippen LogP contribution in [-0.4, -0.2) is 22.5 Å². The molecule has 3 N–H and O–H groups in total. The number of nitrogens with two attached hydrogens (primary N) is 1. The minimum absolute atomic E-state index is 0.0609. The number of primary amides is 1. The number of nitrogens with one attached hydrogen (secondary N) is 1. The van der Waals surface area contributed by atoms with Crippen molar-refractivity contribution >= 4 is 11.6 Å². The smallest absolute Gasteiger partial charge is 0.239 e. The first kappa shape index (κ1) is 13.3. The molecular formula is C14H16N4O3. The van der Waals surface area contributed by atoms with Crippen molar-refractivity contribution in [2.24, 2.45) is 5.73 Å². The zero-order valence-corrected chi connectivity index (χ0v) is 11.6. The highest BCUT2D eigenvalue weighted by Gasteiger charge is 2.16. The molecule has 7 heteroatoms. The van der Waals surface area contributed by atoms with Gasteiger partial charge in [0.25, 0.3) is 0 Å². The monoisotopic (exact) mass is 288 g/mol. The van der Waals surface area contributed by atoms with Crippen molar-refractivity contribution in [1.29, 1.82) is 0 Å². The molecule has 0 saturated heterocycles. The minimum atomic E-state index is -0.423. The molecule has 0 radical (unpaired) electrons. The number of fused-ring (bicyclic) bond motifs is 1.